The van der Waals surface area contributed by atoms with Crippen LogP contribution < -0.4 is 5.73 Å². The lowest BCUT2D eigenvalue weighted by atomic mass is 10.3. The van der Waals surface area contributed by atoms with Gasteiger partial charge in [-0.25, -0.2) is 0 Å². The minimum Gasteiger partial charge on any atom is -0.296 e. The second-order valence-corrected chi connectivity index (χ2v) is 5.72. The van der Waals surface area contributed by atoms with Crippen LogP contribution in [0.5, 0.6) is 0 Å². The Morgan fingerprint density at radius 1 is 1.42 bits per heavy atom. The SMILES string of the molecule is NC1=Ic2cc(Cl)ccc2N=C1. The average Bonchev–Trinajstić information content (AvgIpc) is 2.03. The summed E-state index contributed by atoms with van der Waals surface area (Å²) in [5.41, 5.74) is 6.69. The average molecular weight is 293 g/mol. The summed E-state index contributed by atoms with van der Waals surface area (Å²) in [7, 11) is 0. The summed E-state index contributed by atoms with van der Waals surface area (Å²) in [6.45, 7) is 0. The van der Waals surface area contributed by atoms with Gasteiger partial charge in [0.1, 0.15) is 0 Å². The lowest BCUT2D eigenvalue weighted by Gasteiger charge is -2.05. The van der Waals surface area contributed by atoms with E-state index in [0.717, 1.165) is 14.3 Å². The molecular formula is C8H6ClIN2. The quantitative estimate of drug-likeness (QED) is 0.732. The Hall–Kier alpha value is -0.260. The summed E-state index contributed by atoms with van der Waals surface area (Å²) in [5, 5.41) is 0.762. The van der Waals surface area contributed by atoms with E-state index in [4.69, 9.17) is 17.3 Å². The Bertz CT molecular complexity index is 385. The van der Waals surface area contributed by atoms with Gasteiger partial charge in [-0.05, 0) is 18.2 Å². The number of fused-ring (bicyclic) bond motifs is 1. The van der Waals surface area contributed by atoms with E-state index >= 15 is 0 Å². The molecular weight excluding hydrogens is 286 g/mol. The first kappa shape index (κ1) is 8.34. The smallest absolute Gasteiger partial charge is 0.0761 e. The lowest BCUT2D eigenvalue weighted by Crippen LogP contribution is -2.11. The fourth-order valence-corrected chi connectivity index (χ4v) is 3.33. The van der Waals surface area contributed by atoms with Gasteiger partial charge in [0.25, 0.3) is 0 Å². The number of aliphatic imine (C=N–C) groups is 1. The summed E-state index contributed by atoms with van der Waals surface area (Å²) >= 11 is 5.62. The molecule has 0 aliphatic carbocycles. The van der Waals surface area contributed by atoms with Crippen molar-refractivity contribution in [3.05, 3.63) is 26.8 Å². The van der Waals surface area contributed by atoms with Gasteiger partial charge in [0.05, 0.1) is 15.5 Å². The molecule has 62 valence electrons. The van der Waals surface area contributed by atoms with Crippen LogP contribution in [0, 0.1) is 3.57 Å². The van der Waals surface area contributed by atoms with E-state index in [-0.39, 0.29) is 20.7 Å². The van der Waals surface area contributed by atoms with Crippen LogP contribution in [0.15, 0.2) is 23.2 Å². The Morgan fingerprint density at radius 2 is 2.25 bits per heavy atom. The maximum Gasteiger partial charge on any atom is 0.0761 e. The molecule has 4 heteroatoms. The normalized spacial score (nSPS) is 14.7. The molecule has 0 amide bonds. The number of benzene rings is 1. The lowest BCUT2D eigenvalue weighted by molar-refractivity contribution is 1.50. The first-order chi connectivity index (χ1) is 5.75. The van der Waals surface area contributed by atoms with Crippen molar-refractivity contribution >= 4 is 47.9 Å². The minimum absolute atomic E-state index is 0.224. The number of nitrogens with two attached hydrogens (primary N) is 1. The molecule has 0 fully saturated rings. The second-order valence-electron chi connectivity index (χ2n) is 2.33. The standard InChI is InChI=1S/C8H6ClIN2/c9-5-1-2-7-6(3-5)10-8(11)4-12-7/h1-4H,11H2. The van der Waals surface area contributed by atoms with Crippen LogP contribution in [0.3, 0.4) is 0 Å². The van der Waals surface area contributed by atoms with Gasteiger partial charge in [0.2, 0.25) is 0 Å². The molecule has 2 N–H and O–H groups in total. The molecule has 0 atom stereocenters. The number of hydrogen-bond acceptors (Lipinski definition) is 2. The minimum atomic E-state index is -0.224. The third kappa shape index (κ3) is 1.57. The molecule has 2 rings (SSSR count). The molecule has 2 nitrogen and oxygen atoms in total. The number of halogens is 2. The van der Waals surface area contributed by atoms with Crippen molar-refractivity contribution in [1.82, 2.24) is 0 Å². The first-order valence-corrected chi connectivity index (χ1v) is 5.90. The van der Waals surface area contributed by atoms with Crippen LogP contribution in [-0.4, -0.2) is 9.85 Å². The summed E-state index contributed by atoms with van der Waals surface area (Å²) in [6, 6.07) is 5.73. The predicted molar refractivity (Wildman–Crippen MR) is 61.5 cm³/mol. The molecule has 0 spiro atoms. The van der Waals surface area contributed by atoms with E-state index in [1.165, 1.54) is 3.57 Å². The van der Waals surface area contributed by atoms with Crippen molar-refractivity contribution in [2.24, 2.45) is 10.7 Å². The van der Waals surface area contributed by atoms with Crippen molar-refractivity contribution in [3.63, 3.8) is 0 Å². The molecule has 0 aromatic heterocycles. The highest BCUT2D eigenvalue weighted by Gasteiger charge is 2.04. The number of rotatable bonds is 0. The first-order valence-electron chi connectivity index (χ1n) is 3.36. The molecule has 12 heavy (non-hydrogen) atoms. The number of hydrogen-bond donors (Lipinski definition) is 1. The molecule has 0 saturated heterocycles. The topological polar surface area (TPSA) is 38.4 Å². The van der Waals surface area contributed by atoms with Gasteiger partial charge < -0.3 is 0 Å². The fourth-order valence-electron chi connectivity index (χ4n) is 0.935. The summed E-state index contributed by atoms with van der Waals surface area (Å²) < 4.78 is 2.10. The largest absolute Gasteiger partial charge is 0.296 e. The van der Waals surface area contributed by atoms with Crippen LogP contribution in [-0.2, 0) is 0 Å². The Morgan fingerprint density at radius 3 is 3.08 bits per heavy atom. The molecule has 0 radical (unpaired) electrons. The summed E-state index contributed by atoms with van der Waals surface area (Å²) in [6.07, 6.45) is 1.74. The van der Waals surface area contributed by atoms with E-state index < -0.39 is 0 Å². The van der Waals surface area contributed by atoms with E-state index in [1.54, 1.807) is 6.21 Å². The van der Waals surface area contributed by atoms with E-state index in [1.807, 2.05) is 18.2 Å². The van der Waals surface area contributed by atoms with Crippen molar-refractivity contribution in [2.45, 2.75) is 0 Å². The Kier molecular flexibility index (Phi) is 2.25. The van der Waals surface area contributed by atoms with E-state index in [2.05, 4.69) is 4.99 Å². The zero-order valence-corrected chi connectivity index (χ0v) is 9.00. The van der Waals surface area contributed by atoms with Crippen molar-refractivity contribution in [1.29, 1.82) is 0 Å². The van der Waals surface area contributed by atoms with Gasteiger partial charge in [-0.3, -0.25) is 10.7 Å². The zero-order chi connectivity index (χ0) is 8.55. The van der Waals surface area contributed by atoms with Gasteiger partial charge >= 0.3 is 0 Å². The molecule has 0 bridgehead atoms. The molecule has 0 unspecified atom stereocenters. The molecule has 1 aromatic carbocycles. The van der Waals surface area contributed by atoms with E-state index in [0.29, 0.717) is 0 Å². The van der Waals surface area contributed by atoms with Gasteiger partial charge in [-0.1, -0.05) is 32.3 Å². The monoisotopic (exact) mass is 292 g/mol. The third-order valence-corrected chi connectivity index (χ3v) is 4.03. The Balaban J connectivity index is 2.61. The summed E-state index contributed by atoms with van der Waals surface area (Å²) in [5.74, 6) is 0. The highest BCUT2D eigenvalue weighted by Crippen LogP contribution is 2.29. The van der Waals surface area contributed by atoms with Crippen molar-refractivity contribution in [3.8, 4) is 0 Å². The molecule has 1 heterocycles. The number of nitrogens with zero attached hydrogens (tertiary/aromatic N) is 1. The zero-order valence-electron chi connectivity index (χ0n) is 6.09. The van der Waals surface area contributed by atoms with Crippen LogP contribution >= 0.6 is 32.3 Å². The van der Waals surface area contributed by atoms with Gasteiger partial charge in [0, 0.05) is 8.59 Å². The second kappa shape index (κ2) is 3.24. The maximum absolute atomic E-state index is 5.84. The Labute approximate surface area is 85.2 Å². The molecule has 1 aliphatic heterocycles. The van der Waals surface area contributed by atoms with Crippen molar-refractivity contribution in [2.75, 3.05) is 0 Å². The van der Waals surface area contributed by atoms with Crippen LogP contribution in [0.4, 0.5) is 5.69 Å². The molecule has 1 aliphatic rings. The highest BCUT2D eigenvalue weighted by atomic mass is 127. The van der Waals surface area contributed by atoms with Gasteiger partial charge in [0.15, 0.2) is 0 Å². The van der Waals surface area contributed by atoms with Crippen molar-refractivity contribution < 1.29 is 0 Å². The maximum atomic E-state index is 5.84. The van der Waals surface area contributed by atoms with Gasteiger partial charge in [-0.2, -0.15) is 0 Å². The van der Waals surface area contributed by atoms with Crippen LogP contribution in [0.2, 0.25) is 5.02 Å². The predicted octanol–water partition coefficient (Wildman–Crippen LogP) is 2.28. The highest BCUT2D eigenvalue weighted by molar-refractivity contribution is 14.2. The fraction of sp³-hybridized carbons (Fsp3) is 0. The molecule has 0 saturated carbocycles. The van der Waals surface area contributed by atoms with E-state index in [9.17, 15) is 0 Å². The van der Waals surface area contributed by atoms with Crippen LogP contribution in [0.25, 0.3) is 0 Å². The van der Waals surface area contributed by atoms with Crippen LogP contribution in [0.1, 0.15) is 0 Å². The summed E-state index contributed by atoms with van der Waals surface area (Å²) in [4.78, 5) is 4.20. The van der Waals surface area contributed by atoms with Gasteiger partial charge in [-0.15, -0.1) is 0 Å². The third-order valence-electron chi connectivity index (χ3n) is 1.45. The molecule has 1 aromatic rings.